The molecule has 2 N–H and O–H groups in total. The summed E-state index contributed by atoms with van der Waals surface area (Å²) in [6.45, 7) is 5.89. The Morgan fingerprint density at radius 3 is 2.61 bits per heavy atom. The molecule has 0 aromatic rings. The molecule has 1 unspecified atom stereocenters. The van der Waals surface area contributed by atoms with Crippen molar-refractivity contribution in [2.75, 3.05) is 6.61 Å². The summed E-state index contributed by atoms with van der Waals surface area (Å²) >= 11 is 0. The summed E-state index contributed by atoms with van der Waals surface area (Å²) in [7, 11) is 0. The molecule has 4 aliphatic carbocycles. The van der Waals surface area contributed by atoms with Crippen molar-refractivity contribution in [1.82, 2.24) is 0 Å². The molecule has 0 amide bonds. The number of alkyl halides is 1. The van der Waals surface area contributed by atoms with Crippen LogP contribution in [-0.4, -0.2) is 51.7 Å². The number of ketones is 2. The fourth-order valence-electron chi connectivity index (χ4n) is 7.42. The molecule has 0 radical (unpaired) electrons. The van der Waals surface area contributed by atoms with Gasteiger partial charge in [-0.05, 0) is 56.6 Å². The lowest BCUT2D eigenvalue weighted by Crippen LogP contribution is -2.69. The molecular formula is C24H31FO6. The van der Waals surface area contributed by atoms with E-state index in [-0.39, 0.29) is 18.1 Å². The molecule has 6 nitrogen and oxygen atoms in total. The van der Waals surface area contributed by atoms with Gasteiger partial charge in [-0.2, -0.15) is 0 Å². The number of carbonyl (C=O) groups is 3. The molecule has 8 atom stereocenters. The Balaban J connectivity index is 1.76. The van der Waals surface area contributed by atoms with Gasteiger partial charge < -0.3 is 14.9 Å². The molecule has 0 aliphatic heterocycles. The zero-order chi connectivity index (χ0) is 23.0. The second-order valence-electron chi connectivity index (χ2n) is 10.4. The highest BCUT2D eigenvalue weighted by molar-refractivity contribution is 6.01. The van der Waals surface area contributed by atoms with Gasteiger partial charge in [0.2, 0.25) is 5.78 Å². The van der Waals surface area contributed by atoms with Gasteiger partial charge in [-0.15, -0.1) is 0 Å². The summed E-state index contributed by atoms with van der Waals surface area (Å²) < 4.78 is 21.9. The number of ether oxygens (including phenoxy) is 1. The first kappa shape index (κ1) is 22.3. The normalized spacial score (nSPS) is 48.4. The smallest absolute Gasteiger partial charge is 0.303 e. The van der Waals surface area contributed by atoms with Crippen LogP contribution in [0.25, 0.3) is 0 Å². The lowest BCUT2D eigenvalue weighted by atomic mass is 9.44. The van der Waals surface area contributed by atoms with Crippen LogP contribution < -0.4 is 0 Å². The van der Waals surface area contributed by atoms with E-state index < -0.39 is 58.4 Å². The van der Waals surface area contributed by atoms with Crippen LogP contribution in [0.3, 0.4) is 0 Å². The first-order valence-corrected chi connectivity index (χ1v) is 11.0. The number of fused-ring (bicyclic) bond motifs is 5. The molecule has 3 fully saturated rings. The highest BCUT2D eigenvalue weighted by atomic mass is 19.1. The molecule has 0 saturated heterocycles. The minimum Gasteiger partial charge on any atom is -0.458 e. The van der Waals surface area contributed by atoms with Crippen LogP contribution in [0.5, 0.6) is 0 Å². The van der Waals surface area contributed by atoms with E-state index in [1.54, 1.807) is 26.8 Å². The average molecular weight is 435 g/mol. The topological polar surface area (TPSA) is 101 Å². The quantitative estimate of drug-likeness (QED) is 0.662. The molecule has 0 bridgehead atoms. The van der Waals surface area contributed by atoms with E-state index in [1.807, 2.05) is 0 Å². The van der Waals surface area contributed by atoms with Crippen molar-refractivity contribution in [2.45, 2.75) is 70.8 Å². The van der Waals surface area contributed by atoms with E-state index in [0.717, 1.165) is 0 Å². The second-order valence-corrected chi connectivity index (χ2v) is 10.4. The van der Waals surface area contributed by atoms with E-state index >= 15 is 4.39 Å². The Morgan fingerprint density at radius 2 is 1.97 bits per heavy atom. The number of rotatable bonds is 3. The lowest BCUT2D eigenvalue weighted by molar-refractivity contribution is -0.219. The van der Waals surface area contributed by atoms with Gasteiger partial charge in [-0.25, -0.2) is 4.39 Å². The van der Waals surface area contributed by atoms with Crippen LogP contribution in [0, 0.1) is 28.6 Å². The van der Waals surface area contributed by atoms with Gasteiger partial charge in [-0.1, -0.05) is 25.5 Å². The maximum atomic E-state index is 17.0. The Bertz CT molecular complexity index is 910. The standard InChI is InChI=1S/C24H31FO6/c1-13-9-18-17-6-5-15-10-16(27)7-8-21(15,3)23(17,25)19(28)11-22(18,4)24(13,30)20(29)12-31-14(2)26/h7-8,10,13,17-19,28,30H,5-6,9,11-12H2,1-4H3/t13-,17-,18-,19-,21?,22-,23-,24-/m0/s1. The molecular weight excluding hydrogens is 403 g/mol. The highest BCUT2D eigenvalue weighted by Crippen LogP contribution is 2.70. The predicted molar refractivity (Wildman–Crippen MR) is 109 cm³/mol. The Morgan fingerprint density at radius 1 is 1.29 bits per heavy atom. The van der Waals surface area contributed by atoms with Gasteiger partial charge in [0, 0.05) is 23.7 Å². The van der Waals surface area contributed by atoms with E-state index in [9.17, 15) is 24.6 Å². The zero-order valence-corrected chi connectivity index (χ0v) is 18.5. The molecule has 170 valence electrons. The summed E-state index contributed by atoms with van der Waals surface area (Å²) in [4.78, 5) is 36.2. The molecule has 3 saturated carbocycles. The van der Waals surface area contributed by atoms with Crippen molar-refractivity contribution in [3.8, 4) is 0 Å². The monoisotopic (exact) mass is 434 g/mol. The summed E-state index contributed by atoms with van der Waals surface area (Å²) in [5.41, 5.74) is -5.33. The minimum atomic E-state index is -2.01. The third-order valence-corrected chi connectivity index (χ3v) is 9.05. The zero-order valence-electron chi connectivity index (χ0n) is 18.5. The van der Waals surface area contributed by atoms with E-state index in [0.29, 0.717) is 24.8 Å². The SMILES string of the molecule is CC(=O)OCC(=O)[C@@]1(O)[C@@H](C)C[C@H]2[C@@H]3CCC4=CC(=O)C=CC4(C)[C@@]3(F)[C@@H](O)C[C@@]21C. The van der Waals surface area contributed by atoms with Crippen LogP contribution in [0.2, 0.25) is 0 Å². The number of aliphatic hydroxyl groups excluding tert-OH is 1. The van der Waals surface area contributed by atoms with Gasteiger partial charge >= 0.3 is 5.97 Å². The maximum Gasteiger partial charge on any atom is 0.303 e. The van der Waals surface area contributed by atoms with Crippen molar-refractivity contribution < 1.29 is 33.7 Å². The first-order valence-electron chi connectivity index (χ1n) is 11.0. The van der Waals surface area contributed by atoms with E-state index in [4.69, 9.17) is 4.74 Å². The second kappa shape index (κ2) is 6.82. The number of halogens is 1. The van der Waals surface area contributed by atoms with Crippen LogP contribution in [-0.2, 0) is 19.1 Å². The van der Waals surface area contributed by atoms with Gasteiger partial charge in [0.05, 0.1) is 6.10 Å². The third-order valence-electron chi connectivity index (χ3n) is 9.05. The van der Waals surface area contributed by atoms with Crippen molar-refractivity contribution in [3.63, 3.8) is 0 Å². The maximum absolute atomic E-state index is 17.0. The molecule has 4 aliphatic rings. The largest absolute Gasteiger partial charge is 0.458 e. The van der Waals surface area contributed by atoms with Gasteiger partial charge in [0.1, 0.15) is 5.60 Å². The fourth-order valence-corrected chi connectivity index (χ4v) is 7.42. The van der Waals surface area contributed by atoms with Crippen molar-refractivity contribution in [2.24, 2.45) is 28.6 Å². The number of Topliss-reactive ketones (excluding diaryl/α,β-unsaturated/α-hetero) is 1. The molecule has 7 heteroatoms. The summed E-state index contributed by atoms with van der Waals surface area (Å²) in [5, 5.41) is 22.9. The number of hydrogen-bond donors (Lipinski definition) is 2. The van der Waals surface area contributed by atoms with Crippen LogP contribution in [0.1, 0.15) is 53.4 Å². The van der Waals surface area contributed by atoms with Crippen molar-refractivity contribution >= 4 is 17.5 Å². The number of aliphatic hydroxyl groups is 2. The summed E-state index contributed by atoms with van der Waals surface area (Å²) in [6.07, 6.45) is 4.29. The van der Waals surface area contributed by atoms with Gasteiger partial charge in [0.15, 0.2) is 18.1 Å². The molecule has 4 rings (SSSR count). The number of carbonyl (C=O) groups excluding carboxylic acids is 3. The Kier molecular flexibility index (Phi) is 4.91. The number of hydrogen-bond acceptors (Lipinski definition) is 6. The van der Waals surface area contributed by atoms with E-state index in [1.165, 1.54) is 19.1 Å². The molecule has 0 aromatic carbocycles. The van der Waals surface area contributed by atoms with E-state index in [2.05, 4.69) is 0 Å². The summed E-state index contributed by atoms with van der Waals surface area (Å²) in [6, 6.07) is 0. The predicted octanol–water partition coefficient (Wildman–Crippen LogP) is 2.47. The van der Waals surface area contributed by atoms with Gasteiger partial charge in [0.25, 0.3) is 0 Å². The van der Waals surface area contributed by atoms with Crippen LogP contribution in [0.4, 0.5) is 4.39 Å². The Hall–Kier alpha value is -1.86. The number of allylic oxidation sites excluding steroid dienone is 4. The molecule has 0 aromatic heterocycles. The number of esters is 1. The average Bonchev–Trinajstić information content (AvgIpc) is 2.89. The molecule has 0 heterocycles. The third kappa shape index (κ3) is 2.65. The van der Waals surface area contributed by atoms with Crippen LogP contribution in [0.15, 0.2) is 23.8 Å². The first-order chi connectivity index (χ1) is 14.3. The molecule has 0 spiro atoms. The fraction of sp³-hybridized carbons (Fsp3) is 0.708. The lowest BCUT2D eigenvalue weighted by Gasteiger charge is -2.62. The highest BCUT2D eigenvalue weighted by Gasteiger charge is 2.75. The van der Waals surface area contributed by atoms with Gasteiger partial charge in [-0.3, -0.25) is 14.4 Å². The van der Waals surface area contributed by atoms with Crippen molar-refractivity contribution in [3.05, 3.63) is 23.8 Å². The van der Waals surface area contributed by atoms with Crippen LogP contribution >= 0.6 is 0 Å². The molecule has 31 heavy (non-hydrogen) atoms. The minimum absolute atomic E-state index is 0.0953. The summed E-state index contributed by atoms with van der Waals surface area (Å²) in [5.74, 6) is -2.80. The Labute approximate surface area is 181 Å². The van der Waals surface area contributed by atoms with Crippen molar-refractivity contribution in [1.29, 1.82) is 0 Å².